The molecule has 0 heterocycles. The van der Waals surface area contributed by atoms with Gasteiger partial charge in [0.1, 0.15) is 5.54 Å². The minimum atomic E-state index is -3.97. The van der Waals surface area contributed by atoms with E-state index in [2.05, 4.69) is 20.7 Å². The summed E-state index contributed by atoms with van der Waals surface area (Å²) in [6.07, 6.45) is 0. The van der Waals surface area contributed by atoms with Crippen molar-refractivity contribution in [3.8, 4) is 0 Å². The van der Waals surface area contributed by atoms with Crippen LogP contribution in [0.25, 0.3) is 0 Å². The minimum absolute atomic E-state index is 0.0154. The number of halogens is 1. The molecule has 0 unspecified atom stereocenters. The van der Waals surface area contributed by atoms with Gasteiger partial charge in [-0.2, -0.15) is 4.72 Å². The molecule has 0 aromatic heterocycles. The average molecular weight is 354 g/mol. The normalized spacial score (nSPS) is 12.7. The molecule has 1 aromatic rings. The summed E-state index contributed by atoms with van der Waals surface area (Å²) in [4.78, 5) is 0.0154. The van der Waals surface area contributed by atoms with E-state index in [1.165, 1.54) is 6.07 Å². The van der Waals surface area contributed by atoms with Gasteiger partial charge in [-0.05, 0) is 24.6 Å². The van der Waals surface area contributed by atoms with Crippen molar-refractivity contribution in [1.29, 1.82) is 0 Å². The van der Waals surface area contributed by atoms with Gasteiger partial charge in [0.25, 0.3) is 0 Å². The van der Waals surface area contributed by atoms with Crippen LogP contribution in [0.3, 0.4) is 0 Å². The van der Waals surface area contributed by atoms with Gasteiger partial charge in [-0.3, -0.25) is 0 Å². The van der Waals surface area contributed by atoms with Crippen LogP contribution in [0.15, 0.2) is 27.6 Å². The van der Waals surface area contributed by atoms with Gasteiger partial charge in [0, 0.05) is 4.47 Å². The predicted molar refractivity (Wildman–Crippen MR) is 73.2 cm³/mol. The van der Waals surface area contributed by atoms with Gasteiger partial charge in [0.05, 0.1) is 24.7 Å². The molecule has 4 N–H and O–H groups in total. The molecular formula is C11H16BrNO5S. The van der Waals surface area contributed by atoms with Crippen molar-refractivity contribution in [2.24, 2.45) is 0 Å². The van der Waals surface area contributed by atoms with Crippen LogP contribution in [-0.2, 0) is 10.0 Å². The van der Waals surface area contributed by atoms with Crippen LogP contribution in [-0.4, -0.2) is 49.1 Å². The number of benzene rings is 1. The molecule has 108 valence electrons. The van der Waals surface area contributed by atoms with Crippen molar-refractivity contribution in [1.82, 2.24) is 4.72 Å². The summed E-state index contributed by atoms with van der Waals surface area (Å²) in [6.45, 7) is -0.523. The second-order valence-electron chi connectivity index (χ2n) is 4.27. The van der Waals surface area contributed by atoms with Crippen LogP contribution in [0.2, 0.25) is 0 Å². The molecule has 19 heavy (non-hydrogen) atoms. The van der Waals surface area contributed by atoms with E-state index in [4.69, 9.17) is 15.3 Å². The Bertz CT molecular complexity index is 534. The van der Waals surface area contributed by atoms with E-state index < -0.39 is 35.4 Å². The zero-order valence-corrected chi connectivity index (χ0v) is 12.7. The van der Waals surface area contributed by atoms with E-state index in [0.717, 1.165) is 0 Å². The fourth-order valence-corrected chi connectivity index (χ4v) is 3.61. The molecule has 0 spiro atoms. The lowest BCUT2D eigenvalue weighted by atomic mass is 10.1. The lowest BCUT2D eigenvalue weighted by Crippen LogP contribution is -2.56. The van der Waals surface area contributed by atoms with E-state index >= 15 is 0 Å². The first-order chi connectivity index (χ1) is 8.80. The molecule has 0 atom stereocenters. The van der Waals surface area contributed by atoms with Crippen LogP contribution in [0.5, 0.6) is 0 Å². The number of rotatable bonds is 6. The summed E-state index contributed by atoms with van der Waals surface area (Å²) in [5, 5.41) is 27.5. The van der Waals surface area contributed by atoms with E-state index in [9.17, 15) is 8.42 Å². The highest BCUT2D eigenvalue weighted by Crippen LogP contribution is 2.21. The predicted octanol–water partition coefficient (Wildman–Crippen LogP) is -0.248. The van der Waals surface area contributed by atoms with E-state index in [0.29, 0.717) is 10.0 Å². The molecule has 0 bridgehead atoms. The molecule has 0 aliphatic rings. The van der Waals surface area contributed by atoms with Gasteiger partial charge >= 0.3 is 0 Å². The third kappa shape index (κ3) is 3.74. The van der Waals surface area contributed by atoms with Gasteiger partial charge in [0.15, 0.2) is 0 Å². The molecular weight excluding hydrogens is 338 g/mol. The highest BCUT2D eigenvalue weighted by molar-refractivity contribution is 9.10. The number of aliphatic hydroxyl groups is 3. The maximum absolute atomic E-state index is 12.2. The summed E-state index contributed by atoms with van der Waals surface area (Å²) < 4.78 is 27.2. The van der Waals surface area contributed by atoms with E-state index in [-0.39, 0.29) is 4.90 Å². The highest BCUT2D eigenvalue weighted by atomic mass is 79.9. The molecule has 0 aliphatic carbocycles. The molecule has 6 nitrogen and oxygen atoms in total. The first kappa shape index (κ1) is 16.5. The summed E-state index contributed by atoms with van der Waals surface area (Å²) in [5.41, 5.74) is -1.17. The number of aryl methyl sites for hydroxylation is 1. The molecule has 0 radical (unpaired) electrons. The fraction of sp³-hybridized carbons (Fsp3) is 0.455. The number of sulfonamides is 1. The van der Waals surface area contributed by atoms with Gasteiger partial charge < -0.3 is 15.3 Å². The van der Waals surface area contributed by atoms with Crippen LogP contribution in [0, 0.1) is 6.92 Å². The Hall–Kier alpha value is -0.510. The number of hydrogen-bond donors (Lipinski definition) is 4. The average Bonchev–Trinajstić information content (AvgIpc) is 2.39. The Morgan fingerprint density at radius 1 is 1.21 bits per heavy atom. The lowest BCUT2D eigenvalue weighted by molar-refractivity contribution is 0.0582. The highest BCUT2D eigenvalue weighted by Gasteiger charge is 2.34. The second-order valence-corrected chi connectivity index (χ2v) is 6.84. The number of aliphatic hydroxyl groups excluding tert-OH is 3. The summed E-state index contributed by atoms with van der Waals surface area (Å²) >= 11 is 3.18. The zero-order valence-electron chi connectivity index (χ0n) is 10.3. The minimum Gasteiger partial charge on any atom is -0.394 e. The molecule has 0 fully saturated rings. The third-order valence-electron chi connectivity index (χ3n) is 2.70. The second kappa shape index (κ2) is 6.29. The smallest absolute Gasteiger partial charge is 0.241 e. The maximum Gasteiger partial charge on any atom is 0.241 e. The Labute approximate surface area is 120 Å². The van der Waals surface area contributed by atoms with Gasteiger partial charge in [-0.1, -0.05) is 22.0 Å². The first-order valence-electron chi connectivity index (χ1n) is 5.43. The molecule has 0 saturated heterocycles. The Morgan fingerprint density at radius 2 is 1.74 bits per heavy atom. The Balaban J connectivity index is 3.21. The van der Waals surface area contributed by atoms with Crippen molar-refractivity contribution in [2.75, 3.05) is 19.8 Å². The molecule has 8 heteroatoms. The van der Waals surface area contributed by atoms with Gasteiger partial charge in [0.2, 0.25) is 10.0 Å². The van der Waals surface area contributed by atoms with Crippen molar-refractivity contribution in [3.05, 3.63) is 28.2 Å². The summed E-state index contributed by atoms with van der Waals surface area (Å²) in [6, 6.07) is 4.73. The van der Waals surface area contributed by atoms with E-state index in [1.807, 2.05) is 0 Å². The molecule has 0 saturated carbocycles. The van der Waals surface area contributed by atoms with Crippen LogP contribution < -0.4 is 4.72 Å². The lowest BCUT2D eigenvalue weighted by Gasteiger charge is -2.28. The van der Waals surface area contributed by atoms with Crippen molar-refractivity contribution in [2.45, 2.75) is 17.4 Å². The summed E-state index contributed by atoms with van der Waals surface area (Å²) in [5.74, 6) is 0. The van der Waals surface area contributed by atoms with Gasteiger partial charge in [-0.25, -0.2) is 8.42 Å². The van der Waals surface area contributed by atoms with E-state index in [1.54, 1.807) is 19.1 Å². The zero-order chi connectivity index (χ0) is 14.7. The fourth-order valence-electron chi connectivity index (χ4n) is 1.45. The topological polar surface area (TPSA) is 107 Å². The van der Waals surface area contributed by atoms with Crippen LogP contribution in [0.1, 0.15) is 5.56 Å². The van der Waals surface area contributed by atoms with Crippen LogP contribution in [0.4, 0.5) is 0 Å². The molecule has 1 rings (SSSR count). The van der Waals surface area contributed by atoms with Gasteiger partial charge in [-0.15, -0.1) is 0 Å². The summed E-state index contributed by atoms with van der Waals surface area (Å²) in [7, 11) is -3.97. The molecule has 1 aromatic carbocycles. The monoisotopic (exact) mass is 353 g/mol. The standard InChI is InChI=1S/C11H16BrNO5S/c1-8-2-3-9(12)4-10(8)19(17,18)13-11(5-14,6-15)7-16/h2-4,13-16H,5-7H2,1H3. The Morgan fingerprint density at radius 3 is 2.21 bits per heavy atom. The Kier molecular flexibility index (Phi) is 5.48. The molecule has 0 aliphatic heterocycles. The number of nitrogens with one attached hydrogen (secondary N) is 1. The van der Waals surface area contributed by atoms with Crippen LogP contribution >= 0.6 is 15.9 Å². The first-order valence-corrected chi connectivity index (χ1v) is 7.70. The van der Waals surface area contributed by atoms with Crippen molar-refractivity contribution < 1.29 is 23.7 Å². The maximum atomic E-state index is 12.2. The largest absolute Gasteiger partial charge is 0.394 e. The van der Waals surface area contributed by atoms with Crippen molar-refractivity contribution >= 4 is 26.0 Å². The SMILES string of the molecule is Cc1ccc(Br)cc1S(=O)(=O)NC(CO)(CO)CO. The quantitative estimate of drug-likeness (QED) is 0.564. The van der Waals surface area contributed by atoms with Crippen molar-refractivity contribution in [3.63, 3.8) is 0 Å². The molecule has 0 amide bonds. The number of hydrogen-bond acceptors (Lipinski definition) is 5. The third-order valence-corrected chi connectivity index (χ3v) is 4.91.